The van der Waals surface area contributed by atoms with Crippen LogP contribution in [0.3, 0.4) is 0 Å². The predicted octanol–water partition coefficient (Wildman–Crippen LogP) is 7.12. The molecular formula is C60H76N2O15. The maximum Gasteiger partial charge on any atom is 0.343 e. The molecule has 0 aromatic heterocycles. The van der Waals surface area contributed by atoms with Crippen molar-refractivity contribution >= 4 is 29.6 Å². The van der Waals surface area contributed by atoms with Gasteiger partial charge in [0.25, 0.3) is 0 Å². The van der Waals surface area contributed by atoms with Crippen molar-refractivity contribution in [1.29, 1.82) is 0 Å². The van der Waals surface area contributed by atoms with E-state index in [1.807, 2.05) is 52.8 Å². The Morgan fingerprint density at radius 3 is 2.26 bits per heavy atom. The number of allylic oxidation sites excluding steroid dienone is 4. The molecule has 1 spiro atoms. The normalized spacial score (nSPS) is 34.6. The van der Waals surface area contributed by atoms with Crippen molar-refractivity contribution in [3.8, 4) is 23.0 Å². The van der Waals surface area contributed by atoms with Crippen LogP contribution >= 0.6 is 0 Å². The van der Waals surface area contributed by atoms with Crippen LogP contribution in [-0.2, 0) is 39.7 Å². The minimum absolute atomic E-state index is 0.0287. The zero-order valence-corrected chi connectivity index (χ0v) is 46.6. The van der Waals surface area contributed by atoms with E-state index in [4.69, 9.17) is 42.6 Å². The fraction of sp³-hybridized carbons (Fsp3) is 0.600. The molecule has 77 heavy (non-hydrogen) atoms. The van der Waals surface area contributed by atoms with Gasteiger partial charge in [0.15, 0.2) is 34.3 Å². The molecule has 17 nitrogen and oxygen atoms in total. The fourth-order valence-electron chi connectivity index (χ4n) is 13.5. The van der Waals surface area contributed by atoms with E-state index in [2.05, 4.69) is 36.8 Å². The van der Waals surface area contributed by atoms with Gasteiger partial charge in [0, 0.05) is 61.6 Å². The van der Waals surface area contributed by atoms with Gasteiger partial charge >= 0.3 is 11.9 Å². The molecule has 2 N–H and O–H groups in total. The number of aliphatic hydroxyl groups is 2. The van der Waals surface area contributed by atoms with E-state index >= 15 is 9.59 Å². The largest absolute Gasteiger partial charge is 0.482 e. The van der Waals surface area contributed by atoms with Gasteiger partial charge in [-0.3, -0.25) is 14.5 Å². The minimum Gasteiger partial charge on any atom is -0.482 e. The molecule has 3 saturated carbocycles. The number of methoxy groups -OCH3 is 1. The summed E-state index contributed by atoms with van der Waals surface area (Å²) in [6, 6.07) is 5.47. The smallest absolute Gasteiger partial charge is 0.343 e. The number of piperazine rings is 1. The number of aliphatic hydroxyl groups excluding tert-OH is 2. The number of esters is 2. The van der Waals surface area contributed by atoms with Gasteiger partial charge in [-0.1, -0.05) is 29.4 Å². The maximum absolute atomic E-state index is 16.7. The van der Waals surface area contributed by atoms with Crippen LogP contribution in [0.4, 0.5) is 0 Å². The summed E-state index contributed by atoms with van der Waals surface area (Å²) in [7, 11) is 3.37. The molecule has 6 heterocycles. The Bertz CT molecular complexity index is 2830. The Morgan fingerprint density at radius 1 is 0.883 bits per heavy atom. The molecule has 7 fully saturated rings. The first-order chi connectivity index (χ1) is 36.3. The van der Waals surface area contributed by atoms with Crippen LogP contribution in [0.2, 0.25) is 0 Å². The molecule has 17 heteroatoms. The van der Waals surface area contributed by atoms with Crippen LogP contribution in [0.5, 0.6) is 23.0 Å². The maximum atomic E-state index is 16.7. The summed E-state index contributed by atoms with van der Waals surface area (Å²) >= 11 is 0. The van der Waals surface area contributed by atoms with E-state index in [1.165, 1.54) is 36.9 Å². The summed E-state index contributed by atoms with van der Waals surface area (Å²) in [6.45, 7) is 21.8. The summed E-state index contributed by atoms with van der Waals surface area (Å²) < 4.78 is 57.6. The van der Waals surface area contributed by atoms with E-state index in [0.29, 0.717) is 42.8 Å². The second kappa shape index (κ2) is 20.1. The second-order valence-electron chi connectivity index (χ2n) is 24.1. The minimum atomic E-state index is -1.71. The molecule has 4 saturated heterocycles. The van der Waals surface area contributed by atoms with Crippen molar-refractivity contribution < 1.29 is 72.0 Å². The van der Waals surface area contributed by atoms with Crippen LogP contribution < -0.4 is 18.9 Å². The zero-order valence-electron chi connectivity index (χ0n) is 46.6. The number of hydrogen-bond acceptors (Lipinski definition) is 17. The molecule has 4 bridgehead atoms. The number of carbonyl (C=O) groups excluding carboxylic acids is 4. The number of fused-ring (bicyclic) bond motifs is 3. The molecule has 11 rings (SSSR count). The van der Waals surface area contributed by atoms with E-state index in [1.54, 1.807) is 26.8 Å². The summed E-state index contributed by atoms with van der Waals surface area (Å²) in [5.41, 5.74) is -1.47. The highest BCUT2D eigenvalue weighted by Crippen LogP contribution is 2.71. The standard InChI is InChI=1S/C60H76N2O15/c1-32(2)14-13-23-58(10)24-22-38-48(75-58)37(20-15-33(3)4)50-42(49(38)73-54(68)35-16-18-36(19-17-35)71-55-47(65)46(64)51-40(72-55)31-70-57(8,9)74-51)45(63)43-44(62-28-26-61(11)27-29-62)39-30-41-56(6,7)77-59(52(39)66,60(41,43)76-50)25-21-34(5)53(67)69-12/h14-19,21-22,24,39-41,43-44,46-47,51,55,64-65H,13,20,23,25-31H2,1-12H3/b34-21-/t39-,40+,41+,43?,44?,46+,47+,51+,55+,58?,59?,60?/m0/s1. The third kappa shape index (κ3) is 9.39. The number of rotatable bonds is 13. The summed E-state index contributed by atoms with van der Waals surface area (Å²) in [6.07, 6.45) is 6.03. The van der Waals surface area contributed by atoms with Gasteiger partial charge in [0.05, 0.1) is 36.4 Å². The average molecular weight is 1070 g/mol. The lowest BCUT2D eigenvalue weighted by molar-refractivity contribution is -0.373. The lowest BCUT2D eigenvalue weighted by Crippen LogP contribution is -2.82. The fourth-order valence-corrected chi connectivity index (χ4v) is 13.5. The van der Waals surface area contributed by atoms with Crippen LogP contribution in [0.25, 0.3) is 6.08 Å². The highest BCUT2D eigenvalue weighted by atomic mass is 16.8. The predicted molar refractivity (Wildman–Crippen MR) is 283 cm³/mol. The second-order valence-corrected chi connectivity index (χ2v) is 24.1. The quantitative estimate of drug-likeness (QED) is 0.0889. The SMILES string of the molecule is COC(=O)/C(C)=C\CC12OC(C)(C)[C@H]3C[C@H](C1=O)C(N1CCN(C)CC1)C1C(=O)c4c(OC(=O)c5ccc(O[C@@H]6O[C@@H]7COC(C)(C)O[C@H]7[C@H](O)[C@H]6O)cc5)c5c(c(CC=C(C)C)c4OC132)OC(C)(CCC=C(C)C)C=C5. The highest BCUT2D eigenvalue weighted by Gasteiger charge is 2.86. The number of Topliss-reactive ketones (excluding diaryl/α,β-unsaturated/α-hetero) is 2. The van der Waals surface area contributed by atoms with Gasteiger partial charge in [-0.05, 0) is 138 Å². The summed E-state index contributed by atoms with van der Waals surface area (Å²) in [5, 5.41) is 22.1. The van der Waals surface area contributed by atoms with Crippen molar-refractivity contribution in [2.75, 3.05) is 46.9 Å². The number of ether oxygens (including phenoxy) is 9. The number of nitrogens with zero attached hydrogens (tertiary/aromatic N) is 2. The van der Waals surface area contributed by atoms with Gasteiger partial charge in [-0.2, -0.15) is 0 Å². The first-order valence-electron chi connectivity index (χ1n) is 27.2. The molecule has 9 aliphatic rings. The number of ketones is 2. The van der Waals surface area contributed by atoms with Crippen LogP contribution in [0.1, 0.15) is 127 Å². The molecule has 2 aromatic rings. The Morgan fingerprint density at radius 2 is 1.58 bits per heavy atom. The van der Waals surface area contributed by atoms with Crippen LogP contribution in [-0.4, -0.2) is 155 Å². The monoisotopic (exact) mass is 1060 g/mol. The van der Waals surface area contributed by atoms with Gasteiger partial charge in [-0.15, -0.1) is 0 Å². The Labute approximate surface area is 451 Å². The van der Waals surface area contributed by atoms with Crippen molar-refractivity contribution in [3.63, 3.8) is 0 Å². The van der Waals surface area contributed by atoms with Crippen LogP contribution in [0, 0.1) is 17.8 Å². The van der Waals surface area contributed by atoms with E-state index in [0.717, 1.165) is 25.1 Å². The topological polar surface area (TPSA) is 198 Å². The van der Waals surface area contributed by atoms with Gasteiger partial charge < -0.3 is 57.7 Å². The lowest BCUT2D eigenvalue weighted by Gasteiger charge is -2.65. The molecule has 6 aliphatic heterocycles. The van der Waals surface area contributed by atoms with Crippen molar-refractivity contribution in [1.82, 2.24) is 9.80 Å². The van der Waals surface area contributed by atoms with Crippen LogP contribution in [0.15, 0.2) is 65.3 Å². The Hall–Kier alpha value is -5.24. The number of carbonyl (C=O) groups is 4. The lowest BCUT2D eigenvalue weighted by atomic mass is 9.44. The average Bonchev–Trinajstić information content (AvgIpc) is 3.52. The van der Waals surface area contributed by atoms with Crippen molar-refractivity contribution in [2.45, 2.75) is 166 Å². The molecule has 0 amide bonds. The molecule has 12 atom stereocenters. The summed E-state index contributed by atoms with van der Waals surface area (Å²) in [5.74, 6) is -4.13. The molecule has 0 radical (unpaired) electrons. The molecular weight excluding hydrogens is 989 g/mol. The third-order valence-corrected chi connectivity index (χ3v) is 17.4. The number of hydrogen-bond donors (Lipinski definition) is 2. The van der Waals surface area contributed by atoms with E-state index in [-0.39, 0.29) is 65.0 Å². The Kier molecular flexibility index (Phi) is 14.4. The number of benzene rings is 2. The van der Waals surface area contributed by atoms with Crippen molar-refractivity contribution in [3.05, 3.63) is 87.5 Å². The third-order valence-electron chi connectivity index (χ3n) is 17.4. The zero-order chi connectivity index (χ0) is 55.3. The highest BCUT2D eigenvalue weighted by molar-refractivity contribution is 6.11. The van der Waals surface area contributed by atoms with E-state index < -0.39 is 94.6 Å². The van der Waals surface area contributed by atoms with E-state index in [9.17, 15) is 19.8 Å². The van der Waals surface area contributed by atoms with Gasteiger partial charge in [-0.25, -0.2) is 9.59 Å². The Balaban J connectivity index is 1.11. The molecule has 416 valence electrons. The first-order valence-corrected chi connectivity index (χ1v) is 27.2. The molecule has 2 aromatic carbocycles. The first kappa shape index (κ1) is 55.1. The molecule has 5 unspecified atom stereocenters. The van der Waals surface area contributed by atoms with Gasteiger partial charge in [0.1, 0.15) is 52.8 Å². The van der Waals surface area contributed by atoms with Gasteiger partial charge in [0.2, 0.25) is 6.29 Å². The summed E-state index contributed by atoms with van der Waals surface area (Å²) in [4.78, 5) is 64.9. The molecule has 3 aliphatic carbocycles. The van der Waals surface area contributed by atoms with Crippen molar-refractivity contribution in [2.24, 2.45) is 17.8 Å². The number of likely N-dealkylation sites (N-methyl/N-ethyl adjacent to an activating group) is 1.